The van der Waals surface area contributed by atoms with Gasteiger partial charge in [-0.15, -0.1) is 11.3 Å². The predicted molar refractivity (Wildman–Crippen MR) is 164 cm³/mol. The average molecular weight is 517 g/mol. The normalized spacial score (nSPS) is 12.1. The number of hydrogen-bond donors (Lipinski definition) is 0. The van der Waals surface area contributed by atoms with E-state index in [1.165, 1.54) is 59.4 Å². The maximum Gasteiger partial charge on any atom is 0.116 e. The van der Waals surface area contributed by atoms with E-state index in [0.29, 0.717) is 0 Å². The van der Waals surface area contributed by atoms with E-state index < -0.39 is 0 Å². The molecule has 5 aromatic carbocycles. The molecule has 9 rings (SSSR count). The van der Waals surface area contributed by atoms with Crippen LogP contribution in [0.4, 0.5) is 0 Å². The fraction of sp³-hybridized carbons (Fsp3) is 0. The van der Waals surface area contributed by atoms with Gasteiger partial charge in [-0.3, -0.25) is 0 Å². The summed E-state index contributed by atoms with van der Waals surface area (Å²) in [6, 6.07) is 39.5. The van der Waals surface area contributed by atoms with Crippen molar-refractivity contribution in [1.82, 2.24) is 19.1 Å². The van der Waals surface area contributed by atoms with Crippen LogP contribution in [0.1, 0.15) is 0 Å². The smallest absolute Gasteiger partial charge is 0.116 e. The van der Waals surface area contributed by atoms with Crippen molar-refractivity contribution in [2.45, 2.75) is 0 Å². The number of benzene rings is 5. The molecule has 4 heterocycles. The van der Waals surface area contributed by atoms with E-state index in [4.69, 9.17) is 0 Å². The van der Waals surface area contributed by atoms with Crippen molar-refractivity contribution in [1.29, 1.82) is 0 Å². The molecule has 182 valence electrons. The van der Waals surface area contributed by atoms with Gasteiger partial charge >= 0.3 is 0 Å². The van der Waals surface area contributed by atoms with Crippen LogP contribution in [0.15, 0.2) is 122 Å². The molecule has 0 atom stereocenters. The summed E-state index contributed by atoms with van der Waals surface area (Å²) < 4.78 is 7.13. The van der Waals surface area contributed by atoms with Crippen molar-refractivity contribution in [3.63, 3.8) is 0 Å². The second-order valence-electron chi connectivity index (χ2n) is 9.92. The summed E-state index contributed by atoms with van der Waals surface area (Å²) in [5.41, 5.74) is 8.18. The summed E-state index contributed by atoms with van der Waals surface area (Å²) in [5.74, 6) is 0. The van der Waals surface area contributed by atoms with Crippen LogP contribution in [0.2, 0.25) is 0 Å². The number of para-hydroxylation sites is 3. The van der Waals surface area contributed by atoms with Crippen LogP contribution in [-0.2, 0) is 0 Å². The first kappa shape index (κ1) is 21.0. The molecule has 0 radical (unpaired) electrons. The van der Waals surface area contributed by atoms with Crippen LogP contribution in [-0.4, -0.2) is 19.1 Å². The van der Waals surface area contributed by atoms with Gasteiger partial charge in [-0.2, -0.15) is 0 Å². The Morgan fingerprint density at radius 1 is 0.538 bits per heavy atom. The van der Waals surface area contributed by atoms with Crippen molar-refractivity contribution in [3.05, 3.63) is 122 Å². The Kier molecular flexibility index (Phi) is 4.18. The van der Waals surface area contributed by atoms with Gasteiger partial charge in [0, 0.05) is 38.8 Å². The predicted octanol–water partition coefficient (Wildman–Crippen LogP) is 9.04. The molecule has 5 heteroatoms. The van der Waals surface area contributed by atoms with E-state index in [1.807, 2.05) is 6.20 Å². The van der Waals surface area contributed by atoms with Gasteiger partial charge in [0.2, 0.25) is 0 Å². The lowest BCUT2D eigenvalue weighted by Gasteiger charge is -2.11. The summed E-state index contributed by atoms with van der Waals surface area (Å²) in [6.07, 6.45) is 3.55. The van der Waals surface area contributed by atoms with E-state index in [-0.39, 0.29) is 0 Å². The summed E-state index contributed by atoms with van der Waals surface area (Å²) in [7, 11) is 0. The van der Waals surface area contributed by atoms with Crippen LogP contribution in [0.5, 0.6) is 0 Å². The fourth-order valence-corrected chi connectivity index (χ4v) is 7.39. The van der Waals surface area contributed by atoms with Crippen LogP contribution >= 0.6 is 11.3 Å². The number of hydrogen-bond acceptors (Lipinski definition) is 3. The maximum atomic E-state index is 4.59. The largest absolute Gasteiger partial charge is 0.309 e. The summed E-state index contributed by atoms with van der Waals surface area (Å²) >= 11 is 1.76. The Hall–Kier alpha value is -5.00. The Morgan fingerprint density at radius 3 is 1.90 bits per heavy atom. The molecule has 0 saturated carbocycles. The van der Waals surface area contributed by atoms with Crippen LogP contribution < -0.4 is 0 Å². The van der Waals surface area contributed by atoms with Gasteiger partial charge < -0.3 is 9.13 Å². The molecule has 0 spiro atoms. The molecule has 0 fully saturated rings. The van der Waals surface area contributed by atoms with E-state index in [2.05, 4.69) is 128 Å². The second-order valence-corrected chi connectivity index (χ2v) is 11.0. The highest BCUT2D eigenvalue weighted by Crippen LogP contribution is 2.41. The van der Waals surface area contributed by atoms with E-state index in [1.54, 1.807) is 17.7 Å². The topological polar surface area (TPSA) is 35.6 Å². The molecule has 0 N–H and O–H groups in total. The minimum absolute atomic E-state index is 1.02. The van der Waals surface area contributed by atoms with Gasteiger partial charge in [0.25, 0.3) is 0 Å². The summed E-state index contributed by atoms with van der Waals surface area (Å²) in [6.45, 7) is 0. The van der Waals surface area contributed by atoms with Gasteiger partial charge in [-0.05, 0) is 42.5 Å². The standard InChI is InChI=1S/C34H20N4S/c1-4-12-27-22(8-1)23-9-2-5-13-28(23)37(27)21-16-17-30-26(18-21)24-10-3-6-14-29(24)38(30)31-15-7-11-25-33-32(39-34(25)31)19-35-20-36-33/h1-20H. The first-order valence-electron chi connectivity index (χ1n) is 13.0. The molecule has 4 nitrogen and oxygen atoms in total. The molecule has 39 heavy (non-hydrogen) atoms. The van der Waals surface area contributed by atoms with E-state index >= 15 is 0 Å². The average Bonchev–Trinajstić information content (AvgIpc) is 3.65. The summed E-state index contributed by atoms with van der Waals surface area (Å²) in [5, 5.41) is 6.20. The van der Waals surface area contributed by atoms with Gasteiger partial charge in [-0.1, -0.05) is 66.7 Å². The van der Waals surface area contributed by atoms with Gasteiger partial charge in [0.05, 0.1) is 42.7 Å². The molecule has 0 aliphatic heterocycles. The SMILES string of the molecule is c1cc(-n2c3ccccc3c3cc(-n4c5ccccc5c5ccccc54)ccc32)c2sc3cncnc3c2c1. The Labute approximate surface area is 227 Å². The van der Waals surface area contributed by atoms with Crippen molar-refractivity contribution in [2.24, 2.45) is 0 Å². The number of aromatic nitrogens is 4. The highest BCUT2D eigenvalue weighted by Gasteiger charge is 2.18. The van der Waals surface area contributed by atoms with Gasteiger partial charge in [0.15, 0.2) is 0 Å². The molecular formula is C34H20N4S. The second kappa shape index (κ2) is 7.76. The Morgan fingerprint density at radius 2 is 1.15 bits per heavy atom. The third-order valence-corrected chi connectivity index (χ3v) is 9.03. The minimum Gasteiger partial charge on any atom is -0.309 e. The molecule has 0 unspecified atom stereocenters. The molecule has 0 saturated heterocycles. The molecule has 0 aliphatic carbocycles. The van der Waals surface area contributed by atoms with Crippen molar-refractivity contribution in [2.75, 3.05) is 0 Å². The molecule has 9 aromatic rings. The zero-order valence-electron chi connectivity index (χ0n) is 20.7. The molecule has 0 bridgehead atoms. The Bertz CT molecular complexity index is 2350. The zero-order valence-corrected chi connectivity index (χ0v) is 21.6. The first-order chi connectivity index (χ1) is 19.4. The lowest BCUT2D eigenvalue weighted by Crippen LogP contribution is -1.96. The lowest BCUT2D eigenvalue weighted by molar-refractivity contribution is 1.17. The van der Waals surface area contributed by atoms with Crippen LogP contribution in [0.25, 0.3) is 75.3 Å². The molecule has 0 amide bonds. The van der Waals surface area contributed by atoms with Gasteiger partial charge in [0.1, 0.15) is 6.33 Å². The van der Waals surface area contributed by atoms with E-state index in [9.17, 15) is 0 Å². The van der Waals surface area contributed by atoms with Crippen molar-refractivity contribution < 1.29 is 0 Å². The monoisotopic (exact) mass is 516 g/mol. The highest BCUT2D eigenvalue weighted by atomic mass is 32.1. The minimum atomic E-state index is 1.02. The first-order valence-corrected chi connectivity index (χ1v) is 13.8. The number of fused-ring (bicyclic) bond motifs is 9. The summed E-state index contributed by atoms with van der Waals surface area (Å²) in [4.78, 5) is 8.86. The van der Waals surface area contributed by atoms with Crippen LogP contribution in [0.3, 0.4) is 0 Å². The fourth-order valence-electron chi connectivity index (χ4n) is 6.26. The molecule has 0 aliphatic rings. The number of thiophene rings is 1. The third-order valence-electron chi connectivity index (χ3n) is 7.88. The van der Waals surface area contributed by atoms with Crippen molar-refractivity contribution >= 4 is 75.3 Å². The van der Waals surface area contributed by atoms with Crippen LogP contribution in [0, 0.1) is 0 Å². The Balaban J connectivity index is 1.38. The quantitative estimate of drug-likeness (QED) is 0.230. The van der Waals surface area contributed by atoms with Crippen molar-refractivity contribution in [3.8, 4) is 11.4 Å². The highest BCUT2D eigenvalue weighted by molar-refractivity contribution is 7.26. The zero-order chi connectivity index (χ0) is 25.5. The molecule has 4 aromatic heterocycles. The van der Waals surface area contributed by atoms with Gasteiger partial charge in [-0.25, -0.2) is 9.97 Å². The third kappa shape index (κ3) is 2.82. The maximum absolute atomic E-state index is 4.59. The number of rotatable bonds is 2. The lowest BCUT2D eigenvalue weighted by atomic mass is 10.1. The number of nitrogens with zero attached hydrogens (tertiary/aromatic N) is 4. The molecular weight excluding hydrogens is 496 g/mol. The van der Waals surface area contributed by atoms with E-state index in [0.717, 1.165) is 15.9 Å².